The number of hydrogen-bond donors (Lipinski definition) is 1. The van der Waals surface area contributed by atoms with Crippen molar-refractivity contribution < 1.29 is 23.9 Å². The predicted octanol–water partition coefficient (Wildman–Crippen LogP) is 2.03. The lowest BCUT2D eigenvalue weighted by Crippen LogP contribution is -2.25. The molecule has 0 radical (unpaired) electrons. The van der Waals surface area contributed by atoms with E-state index in [1.807, 2.05) is 0 Å². The van der Waals surface area contributed by atoms with Crippen molar-refractivity contribution in [3.8, 4) is 11.4 Å². The van der Waals surface area contributed by atoms with E-state index in [9.17, 15) is 14.4 Å². The van der Waals surface area contributed by atoms with Crippen molar-refractivity contribution in [2.45, 2.75) is 0 Å². The van der Waals surface area contributed by atoms with E-state index < -0.39 is 17.5 Å². The van der Waals surface area contributed by atoms with E-state index in [-0.39, 0.29) is 33.9 Å². The van der Waals surface area contributed by atoms with Gasteiger partial charge in [0.15, 0.2) is 5.78 Å². The molecular weight excluding hydrogens is 362 g/mol. The van der Waals surface area contributed by atoms with Crippen LogP contribution in [0.3, 0.4) is 0 Å². The van der Waals surface area contributed by atoms with Gasteiger partial charge in [-0.25, -0.2) is 4.79 Å². The summed E-state index contributed by atoms with van der Waals surface area (Å²) in [5.74, 6) is -1.25. The molecule has 0 unspecified atom stereocenters. The molecule has 0 saturated carbocycles. The zero-order valence-electron chi connectivity index (χ0n) is 15.1. The number of fused-ring (bicyclic) bond motifs is 2. The second-order valence-corrected chi connectivity index (χ2v) is 6.07. The molecule has 3 aromatic rings. The van der Waals surface area contributed by atoms with Crippen LogP contribution in [0.25, 0.3) is 5.69 Å². The van der Waals surface area contributed by atoms with Gasteiger partial charge in [0.05, 0.1) is 25.3 Å². The maximum Gasteiger partial charge on any atom is 0.342 e. The largest absolute Gasteiger partial charge is 0.497 e. The number of rotatable bonds is 3. The van der Waals surface area contributed by atoms with Crippen LogP contribution in [0.4, 0.5) is 5.82 Å². The minimum atomic E-state index is -0.797. The van der Waals surface area contributed by atoms with Gasteiger partial charge in [-0.05, 0) is 36.4 Å². The number of nitrogens with two attached hydrogens (primary N) is 1. The van der Waals surface area contributed by atoms with Crippen LogP contribution >= 0.6 is 0 Å². The fraction of sp³-hybridized carbons (Fsp3) is 0.100. The summed E-state index contributed by atoms with van der Waals surface area (Å²) in [4.78, 5) is 42.7. The van der Waals surface area contributed by atoms with E-state index in [0.29, 0.717) is 11.4 Å². The average Bonchev–Trinajstić information content (AvgIpc) is 3.04. The number of pyridine rings is 1. The molecule has 2 aromatic heterocycles. The van der Waals surface area contributed by atoms with Crippen LogP contribution in [-0.4, -0.2) is 41.3 Å². The minimum absolute atomic E-state index is 0.0146. The van der Waals surface area contributed by atoms with Gasteiger partial charge in [-0.1, -0.05) is 0 Å². The van der Waals surface area contributed by atoms with E-state index in [4.69, 9.17) is 15.2 Å². The SMILES string of the molecule is COC(=O)c1c2c(n(-c3ccc(OC)cc3)c1N)C(=O)c1ncccc1C2=O. The molecule has 8 nitrogen and oxygen atoms in total. The zero-order chi connectivity index (χ0) is 20.0. The van der Waals surface area contributed by atoms with E-state index in [1.54, 1.807) is 30.3 Å². The maximum absolute atomic E-state index is 13.2. The Balaban J connectivity index is 2.06. The van der Waals surface area contributed by atoms with E-state index >= 15 is 0 Å². The lowest BCUT2D eigenvalue weighted by molar-refractivity contribution is 0.0599. The number of nitrogens with zero attached hydrogens (tertiary/aromatic N) is 2. The van der Waals surface area contributed by atoms with Gasteiger partial charge in [0.1, 0.15) is 28.5 Å². The third-order valence-electron chi connectivity index (χ3n) is 4.64. The Morgan fingerprint density at radius 3 is 2.43 bits per heavy atom. The van der Waals surface area contributed by atoms with Crippen molar-refractivity contribution >= 4 is 23.4 Å². The lowest BCUT2D eigenvalue weighted by Gasteiger charge is -2.16. The summed E-state index contributed by atoms with van der Waals surface area (Å²) in [6.45, 7) is 0. The second-order valence-electron chi connectivity index (χ2n) is 6.07. The first-order valence-electron chi connectivity index (χ1n) is 8.31. The van der Waals surface area contributed by atoms with Crippen molar-refractivity contribution in [3.05, 3.63) is 70.7 Å². The minimum Gasteiger partial charge on any atom is -0.497 e. The average molecular weight is 377 g/mol. The van der Waals surface area contributed by atoms with Gasteiger partial charge in [-0.15, -0.1) is 0 Å². The van der Waals surface area contributed by atoms with Gasteiger partial charge in [0, 0.05) is 11.9 Å². The van der Waals surface area contributed by atoms with Gasteiger partial charge in [-0.3, -0.25) is 19.1 Å². The summed E-state index contributed by atoms with van der Waals surface area (Å²) >= 11 is 0. The zero-order valence-corrected chi connectivity index (χ0v) is 15.1. The Labute approximate surface area is 159 Å². The first-order chi connectivity index (χ1) is 13.5. The molecule has 140 valence electrons. The number of benzene rings is 1. The molecule has 1 aliphatic carbocycles. The van der Waals surface area contributed by atoms with Crippen molar-refractivity contribution in [1.29, 1.82) is 0 Å². The molecule has 0 atom stereocenters. The van der Waals surface area contributed by atoms with Crippen LogP contribution in [0.15, 0.2) is 42.6 Å². The van der Waals surface area contributed by atoms with E-state index in [2.05, 4.69) is 4.98 Å². The molecule has 0 spiro atoms. The first-order valence-corrected chi connectivity index (χ1v) is 8.31. The summed E-state index contributed by atoms with van der Waals surface area (Å²) in [6.07, 6.45) is 1.43. The monoisotopic (exact) mass is 377 g/mol. The van der Waals surface area contributed by atoms with Crippen molar-refractivity contribution in [2.24, 2.45) is 0 Å². The Kier molecular flexibility index (Phi) is 3.96. The Morgan fingerprint density at radius 1 is 1.07 bits per heavy atom. The second kappa shape index (κ2) is 6.34. The molecule has 4 rings (SSSR count). The van der Waals surface area contributed by atoms with Crippen molar-refractivity contribution in [2.75, 3.05) is 20.0 Å². The highest BCUT2D eigenvalue weighted by Crippen LogP contribution is 2.36. The molecule has 0 saturated heterocycles. The predicted molar refractivity (Wildman–Crippen MR) is 99.2 cm³/mol. The standard InChI is InChI=1S/C20H15N3O5/c1-27-11-7-5-10(6-8-11)23-16-13(14(19(23)21)20(26)28-2)17(24)12-4-3-9-22-15(12)18(16)25/h3-9H,21H2,1-2H3. The number of anilines is 1. The lowest BCUT2D eigenvalue weighted by atomic mass is 9.89. The van der Waals surface area contributed by atoms with Crippen LogP contribution in [-0.2, 0) is 4.74 Å². The van der Waals surface area contributed by atoms with Gasteiger partial charge in [0.2, 0.25) is 5.78 Å². The molecule has 1 aliphatic rings. The molecular formula is C20H15N3O5. The molecule has 1 aromatic carbocycles. The summed E-state index contributed by atoms with van der Waals surface area (Å²) in [5, 5.41) is 0. The topological polar surface area (TPSA) is 114 Å². The number of carbonyl (C=O) groups excluding carboxylic acids is 3. The summed E-state index contributed by atoms with van der Waals surface area (Å²) in [7, 11) is 2.71. The molecule has 2 N–H and O–H groups in total. The quantitative estimate of drug-likeness (QED) is 0.543. The van der Waals surface area contributed by atoms with Gasteiger partial charge >= 0.3 is 5.97 Å². The Morgan fingerprint density at radius 2 is 1.79 bits per heavy atom. The summed E-state index contributed by atoms with van der Waals surface area (Å²) in [5.41, 5.74) is 6.63. The Hall–Kier alpha value is -3.94. The molecule has 0 bridgehead atoms. The smallest absolute Gasteiger partial charge is 0.342 e. The molecule has 28 heavy (non-hydrogen) atoms. The van der Waals surface area contributed by atoms with Crippen LogP contribution in [0, 0.1) is 0 Å². The number of methoxy groups -OCH3 is 2. The number of aromatic nitrogens is 2. The highest BCUT2D eigenvalue weighted by Gasteiger charge is 2.40. The fourth-order valence-electron chi connectivity index (χ4n) is 3.35. The number of nitrogen functional groups attached to an aromatic ring is 1. The number of carbonyl (C=O) groups is 3. The van der Waals surface area contributed by atoms with Crippen molar-refractivity contribution in [1.82, 2.24) is 9.55 Å². The Bertz CT molecular complexity index is 1150. The van der Waals surface area contributed by atoms with Gasteiger partial charge < -0.3 is 15.2 Å². The molecule has 0 fully saturated rings. The summed E-state index contributed by atoms with van der Waals surface area (Å²) < 4.78 is 11.3. The van der Waals surface area contributed by atoms with Crippen LogP contribution < -0.4 is 10.5 Å². The number of hydrogen-bond acceptors (Lipinski definition) is 7. The third kappa shape index (κ3) is 2.31. The molecule has 0 amide bonds. The highest BCUT2D eigenvalue weighted by molar-refractivity contribution is 6.30. The van der Waals surface area contributed by atoms with Gasteiger partial charge in [0.25, 0.3) is 0 Å². The third-order valence-corrected chi connectivity index (χ3v) is 4.64. The van der Waals surface area contributed by atoms with Crippen LogP contribution in [0.5, 0.6) is 5.75 Å². The van der Waals surface area contributed by atoms with E-state index in [0.717, 1.165) is 0 Å². The van der Waals surface area contributed by atoms with Gasteiger partial charge in [-0.2, -0.15) is 0 Å². The molecule has 2 heterocycles. The highest BCUT2D eigenvalue weighted by atomic mass is 16.5. The summed E-state index contributed by atoms with van der Waals surface area (Å²) in [6, 6.07) is 9.75. The first kappa shape index (κ1) is 17.5. The molecule has 8 heteroatoms. The van der Waals surface area contributed by atoms with Crippen LogP contribution in [0.1, 0.15) is 42.5 Å². The van der Waals surface area contributed by atoms with E-state index in [1.165, 1.54) is 31.0 Å². The number of esters is 1. The number of ketones is 2. The normalized spacial score (nSPS) is 12.4. The number of ether oxygens (including phenoxy) is 2. The molecule has 0 aliphatic heterocycles. The maximum atomic E-state index is 13.2. The van der Waals surface area contributed by atoms with Crippen LogP contribution in [0.2, 0.25) is 0 Å². The fourth-order valence-corrected chi connectivity index (χ4v) is 3.35. The van der Waals surface area contributed by atoms with Crippen molar-refractivity contribution in [3.63, 3.8) is 0 Å².